The van der Waals surface area contributed by atoms with Crippen LogP contribution in [0.5, 0.6) is 0 Å². The third-order valence-electron chi connectivity index (χ3n) is 13.4. The average molecular weight is 1090 g/mol. The number of rotatable bonds is 8. The highest BCUT2D eigenvalue weighted by molar-refractivity contribution is 9.03. The van der Waals surface area contributed by atoms with Gasteiger partial charge in [-0.3, -0.25) is 0 Å². The van der Waals surface area contributed by atoms with Gasteiger partial charge >= 0.3 is 0 Å². The van der Waals surface area contributed by atoms with Gasteiger partial charge in [-0.05, 0) is 127 Å². The standard InChI is InChI=1S/C64H72P8/c1-2-4-6-8-10-12-38-56-66(58-41-23-14-24-42-58)68(60-45-27-16-28-46-60)70(62-49-31-18-32-50-62)72(64-53-35-20-36-54-64)71(63-51-33-19-34-52-63)69(61-47-29-17-30-48-61)67(59-43-25-15-26-44-59)65(57-39-21-13-22-40-57)55-37-11-9-7-5-3-1/h13-36,39-54H,1-12,37-38,55-56H2. The van der Waals surface area contributed by atoms with Crippen LogP contribution in [0.25, 0.3) is 0 Å². The molecule has 0 N–H and O–H groups in total. The van der Waals surface area contributed by atoms with E-state index in [-0.39, 0.29) is 0 Å². The first-order valence-electron chi connectivity index (χ1n) is 26.6. The third kappa shape index (κ3) is 15.0. The Morgan fingerprint density at radius 1 is 0.153 bits per heavy atom. The molecule has 368 valence electrons. The fourth-order valence-electron chi connectivity index (χ4n) is 9.78. The molecule has 0 bridgehead atoms. The Kier molecular flexibility index (Phi) is 22.6. The zero-order valence-corrected chi connectivity index (χ0v) is 49.1. The molecule has 1 aliphatic heterocycles. The lowest BCUT2D eigenvalue weighted by atomic mass is 10.0. The van der Waals surface area contributed by atoms with E-state index in [1.54, 1.807) is 42.4 Å². The average Bonchev–Trinajstić information content (AvgIpc) is 3.45. The van der Waals surface area contributed by atoms with Gasteiger partial charge in [-0.2, -0.15) is 0 Å². The predicted molar refractivity (Wildman–Crippen MR) is 338 cm³/mol. The molecule has 72 heavy (non-hydrogen) atoms. The molecule has 8 heteroatoms. The van der Waals surface area contributed by atoms with Crippen LogP contribution in [0.15, 0.2) is 243 Å². The Bertz CT molecular complexity index is 2490. The fraction of sp³-hybridized carbons (Fsp3) is 0.250. The monoisotopic (exact) mass is 1090 g/mol. The van der Waals surface area contributed by atoms with E-state index < -0.39 is 59.0 Å². The van der Waals surface area contributed by atoms with Crippen LogP contribution in [0.1, 0.15) is 89.9 Å². The molecule has 0 aliphatic carbocycles. The quantitative estimate of drug-likeness (QED) is 0.133. The number of hydrogen-bond donors (Lipinski definition) is 0. The lowest BCUT2D eigenvalue weighted by Gasteiger charge is -2.48. The molecule has 0 spiro atoms. The minimum Gasteiger partial charge on any atom is -0.0622 e. The summed E-state index contributed by atoms with van der Waals surface area (Å²) in [7, 11) is -5.67. The first-order chi connectivity index (χ1) is 35.8. The maximum Gasteiger partial charge on any atom is -0.00564 e. The Labute approximate surface area is 443 Å². The molecule has 1 heterocycles. The minimum absolute atomic E-state index is 0.556. The molecule has 1 fully saturated rings. The molecule has 8 aromatic rings. The van der Waals surface area contributed by atoms with Crippen molar-refractivity contribution in [2.45, 2.75) is 89.9 Å². The largest absolute Gasteiger partial charge is 0.0622 e. The Morgan fingerprint density at radius 2 is 0.306 bits per heavy atom. The van der Waals surface area contributed by atoms with Gasteiger partial charge in [-0.25, -0.2) is 0 Å². The zero-order valence-electron chi connectivity index (χ0n) is 42.0. The summed E-state index contributed by atoms with van der Waals surface area (Å²) >= 11 is 0. The van der Waals surface area contributed by atoms with Crippen LogP contribution in [0.2, 0.25) is 0 Å². The second-order valence-electron chi connectivity index (χ2n) is 18.6. The van der Waals surface area contributed by atoms with E-state index in [9.17, 15) is 0 Å². The first kappa shape index (κ1) is 54.0. The first-order valence-corrected chi connectivity index (χ1v) is 42.6. The van der Waals surface area contributed by atoms with Crippen LogP contribution in [0.4, 0.5) is 0 Å². The minimum atomic E-state index is -0.814. The van der Waals surface area contributed by atoms with Gasteiger partial charge in [-0.1, -0.05) is 320 Å². The second-order valence-corrected chi connectivity index (χ2v) is 51.7. The third-order valence-corrected chi connectivity index (χ3v) is 69.3. The van der Waals surface area contributed by atoms with Gasteiger partial charge in [0.2, 0.25) is 0 Å². The summed E-state index contributed by atoms with van der Waals surface area (Å²) < 4.78 is 0. The summed E-state index contributed by atoms with van der Waals surface area (Å²) in [5.41, 5.74) is 0. The van der Waals surface area contributed by atoms with Crippen molar-refractivity contribution in [3.63, 3.8) is 0 Å². The molecular weight excluding hydrogens is 1020 g/mol. The maximum absolute atomic E-state index is 2.59. The highest BCUT2D eigenvalue weighted by atomic mass is 32.9. The summed E-state index contributed by atoms with van der Waals surface area (Å²) in [6, 6.07) is 97.0. The smallest absolute Gasteiger partial charge is 0.00564 e. The van der Waals surface area contributed by atoms with Crippen molar-refractivity contribution in [2.24, 2.45) is 0 Å². The van der Waals surface area contributed by atoms with Gasteiger partial charge in [0, 0.05) is 0 Å². The van der Waals surface area contributed by atoms with Crippen molar-refractivity contribution in [1.29, 1.82) is 0 Å². The van der Waals surface area contributed by atoms with Gasteiger partial charge < -0.3 is 0 Å². The van der Waals surface area contributed by atoms with Gasteiger partial charge in [0.05, 0.1) is 0 Å². The van der Waals surface area contributed by atoms with Crippen molar-refractivity contribution in [2.75, 3.05) is 12.3 Å². The van der Waals surface area contributed by atoms with Crippen molar-refractivity contribution in [3.8, 4) is 0 Å². The molecule has 8 atom stereocenters. The lowest BCUT2D eigenvalue weighted by Crippen LogP contribution is -2.16. The number of hydrogen-bond acceptors (Lipinski definition) is 0. The van der Waals surface area contributed by atoms with Crippen molar-refractivity contribution in [3.05, 3.63) is 243 Å². The van der Waals surface area contributed by atoms with Crippen LogP contribution in [-0.4, -0.2) is 12.3 Å². The van der Waals surface area contributed by atoms with Crippen LogP contribution in [-0.2, 0) is 0 Å². The van der Waals surface area contributed by atoms with E-state index in [2.05, 4.69) is 243 Å². The fourth-order valence-corrected chi connectivity index (χ4v) is 91.4. The molecule has 1 saturated heterocycles. The van der Waals surface area contributed by atoms with Crippen molar-refractivity contribution in [1.82, 2.24) is 0 Å². The molecular formula is C64H72P8. The molecule has 0 aromatic heterocycles. The van der Waals surface area contributed by atoms with E-state index in [0.717, 1.165) is 0 Å². The summed E-state index contributed by atoms with van der Waals surface area (Å²) in [6.07, 6.45) is 21.8. The molecule has 0 radical (unpaired) electrons. The van der Waals surface area contributed by atoms with E-state index in [1.165, 1.54) is 102 Å². The van der Waals surface area contributed by atoms with Crippen LogP contribution >= 0.6 is 59.0 Å². The Hall–Kier alpha value is -2.80. The lowest BCUT2D eigenvalue weighted by molar-refractivity contribution is 0.539. The maximum atomic E-state index is 2.59. The predicted octanol–water partition coefficient (Wildman–Crippen LogP) is 19.3. The molecule has 9 rings (SSSR count). The normalized spacial score (nSPS) is 23.8. The van der Waals surface area contributed by atoms with Gasteiger partial charge in [0.15, 0.2) is 0 Å². The summed E-state index contributed by atoms with van der Waals surface area (Å²) in [6.45, 7) is 0. The summed E-state index contributed by atoms with van der Waals surface area (Å²) in [5.74, 6) is 0. The molecule has 0 saturated carbocycles. The van der Waals surface area contributed by atoms with Crippen molar-refractivity contribution >= 4 is 101 Å². The van der Waals surface area contributed by atoms with Crippen LogP contribution in [0.3, 0.4) is 0 Å². The van der Waals surface area contributed by atoms with Gasteiger partial charge in [0.25, 0.3) is 0 Å². The Balaban J connectivity index is 1.34. The summed E-state index contributed by atoms with van der Waals surface area (Å²) in [5, 5.41) is 12.8. The summed E-state index contributed by atoms with van der Waals surface area (Å²) in [4.78, 5) is 0. The second kappa shape index (κ2) is 30.1. The van der Waals surface area contributed by atoms with E-state index in [1.807, 2.05) is 0 Å². The van der Waals surface area contributed by atoms with Crippen LogP contribution < -0.4 is 42.4 Å². The zero-order chi connectivity index (χ0) is 48.8. The highest BCUT2D eigenvalue weighted by Crippen LogP contribution is 3.10. The highest BCUT2D eigenvalue weighted by Gasteiger charge is 2.48. The molecule has 8 unspecified atom stereocenters. The van der Waals surface area contributed by atoms with Gasteiger partial charge in [-0.15, -0.1) is 0 Å². The van der Waals surface area contributed by atoms with E-state index >= 15 is 0 Å². The van der Waals surface area contributed by atoms with E-state index in [4.69, 9.17) is 0 Å². The SMILES string of the molecule is c1ccc(P2CCCCCCCCCCCCCCCCP(c3ccccc3)P(c3ccccc3)P(c3ccccc3)P(c3ccccc3)P(c3ccccc3)P(c3ccccc3)P2c2ccccc2)cc1. The Morgan fingerprint density at radius 3 is 0.514 bits per heavy atom. The topological polar surface area (TPSA) is 0 Å². The van der Waals surface area contributed by atoms with Crippen LogP contribution in [0, 0.1) is 0 Å². The molecule has 0 amide bonds. The molecule has 8 aromatic carbocycles. The molecule has 1 aliphatic rings. The number of benzene rings is 8. The van der Waals surface area contributed by atoms with E-state index in [0.29, 0.717) is 0 Å². The van der Waals surface area contributed by atoms with Crippen molar-refractivity contribution < 1.29 is 0 Å². The molecule has 0 nitrogen and oxygen atoms in total. The van der Waals surface area contributed by atoms with Gasteiger partial charge in [0.1, 0.15) is 0 Å².